The average Bonchev–Trinajstić information content (AvgIpc) is 2.62. The minimum absolute atomic E-state index is 0.496. The van der Waals surface area contributed by atoms with Crippen molar-refractivity contribution in [1.82, 2.24) is 5.32 Å². The highest BCUT2D eigenvalue weighted by atomic mass is 32.1. The summed E-state index contributed by atoms with van der Waals surface area (Å²) in [6, 6.07) is 4.82. The van der Waals surface area contributed by atoms with Gasteiger partial charge in [-0.25, -0.2) is 0 Å². The molecule has 0 amide bonds. The number of nitrogens with one attached hydrogen (secondary N) is 1. The third kappa shape index (κ3) is 3.63. The first kappa shape index (κ1) is 11.6. The van der Waals surface area contributed by atoms with Gasteiger partial charge in [0.15, 0.2) is 0 Å². The van der Waals surface area contributed by atoms with Gasteiger partial charge in [0.2, 0.25) is 0 Å². The molecule has 1 aromatic heterocycles. The lowest BCUT2D eigenvalue weighted by atomic mass is 10.1. The second-order valence-corrected chi connectivity index (χ2v) is 5.50. The molecule has 1 aromatic rings. The number of hydrogen-bond acceptors (Lipinski definition) is 3. The van der Waals surface area contributed by atoms with Crippen LogP contribution in [-0.2, 0) is 6.42 Å². The van der Waals surface area contributed by atoms with Gasteiger partial charge in [-0.2, -0.15) is 0 Å². The minimum Gasteiger partial charge on any atom is -0.371 e. The van der Waals surface area contributed by atoms with Crippen LogP contribution < -0.4 is 5.32 Å². The van der Waals surface area contributed by atoms with Gasteiger partial charge in [0.05, 0.1) is 5.84 Å². The van der Waals surface area contributed by atoms with Crippen molar-refractivity contribution < 1.29 is 0 Å². The smallest absolute Gasteiger partial charge is 0.0965 e. The number of nitrogens with zero attached hydrogens (tertiary/aromatic N) is 1. The molecule has 0 spiro atoms. The zero-order chi connectivity index (χ0) is 11.2. The Kier molecular flexibility index (Phi) is 4.40. The molecule has 1 N–H and O–H groups in total. The van der Waals surface area contributed by atoms with Gasteiger partial charge in [-0.05, 0) is 31.2 Å². The zero-order valence-electron chi connectivity index (χ0n) is 9.91. The molecule has 1 aliphatic rings. The second-order valence-electron chi connectivity index (χ2n) is 4.47. The summed E-state index contributed by atoms with van der Waals surface area (Å²) in [5.41, 5.74) is 0. The molecule has 1 aliphatic heterocycles. The van der Waals surface area contributed by atoms with Gasteiger partial charge in [0.1, 0.15) is 0 Å². The van der Waals surface area contributed by atoms with Crippen molar-refractivity contribution in [1.29, 1.82) is 0 Å². The van der Waals surface area contributed by atoms with E-state index in [-0.39, 0.29) is 0 Å². The molecule has 0 aliphatic carbocycles. The lowest BCUT2D eigenvalue weighted by molar-refractivity contribution is 0.653. The van der Waals surface area contributed by atoms with Gasteiger partial charge in [0.25, 0.3) is 0 Å². The maximum absolute atomic E-state index is 4.60. The van der Waals surface area contributed by atoms with Crippen molar-refractivity contribution in [3.63, 3.8) is 0 Å². The summed E-state index contributed by atoms with van der Waals surface area (Å²) < 4.78 is 0. The van der Waals surface area contributed by atoms with Crippen molar-refractivity contribution >= 4 is 17.2 Å². The summed E-state index contributed by atoms with van der Waals surface area (Å²) in [5, 5.41) is 5.70. The summed E-state index contributed by atoms with van der Waals surface area (Å²) in [6.45, 7) is 3.25. The van der Waals surface area contributed by atoms with Crippen molar-refractivity contribution in [2.24, 2.45) is 4.99 Å². The SMILES string of the molecule is CC(Cc1cccs1)NC1=NCCCCC1. The van der Waals surface area contributed by atoms with E-state index >= 15 is 0 Å². The van der Waals surface area contributed by atoms with Crippen LogP contribution in [0.25, 0.3) is 0 Å². The molecule has 2 heterocycles. The average molecular weight is 236 g/mol. The summed E-state index contributed by atoms with van der Waals surface area (Å²) in [6.07, 6.45) is 6.11. The largest absolute Gasteiger partial charge is 0.371 e. The molecule has 1 unspecified atom stereocenters. The normalized spacial score (nSPS) is 18.7. The third-order valence-electron chi connectivity index (χ3n) is 2.87. The Labute approximate surface area is 102 Å². The molecule has 16 heavy (non-hydrogen) atoms. The first-order valence-corrected chi connectivity index (χ1v) is 7.05. The van der Waals surface area contributed by atoms with E-state index in [4.69, 9.17) is 0 Å². The number of aliphatic imine (C=N–C) groups is 1. The number of thiophene rings is 1. The van der Waals surface area contributed by atoms with Crippen molar-refractivity contribution in [3.05, 3.63) is 22.4 Å². The molecule has 0 bridgehead atoms. The van der Waals surface area contributed by atoms with E-state index in [0.717, 1.165) is 19.4 Å². The molecular formula is C13H20N2S. The fourth-order valence-electron chi connectivity index (χ4n) is 2.06. The van der Waals surface area contributed by atoms with Crippen LogP contribution in [0, 0.1) is 0 Å². The molecule has 88 valence electrons. The second kappa shape index (κ2) is 6.04. The minimum atomic E-state index is 0.496. The fourth-order valence-corrected chi connectivity index (χ4v) is 2.89. The van der Waals surface area contributed by atoms with Crippen molar-refractivity contribution in [2.45, 2.75) is 45.1 Å². The Morgan fingerprint density at radius 2 is 2.38 bits per heavy atom. The van der Waals surface area contributed by atoms with E-state index in [1.54, 1.807) is 0 Å². The monoisotopic (exact) mass is 236 g/mol. The van der Waals surface area contributed by atoms with Crippen LogP contribution in [-0.4, -0.2) is 18.4 Å². The van der Waals surface area contributed by atoms with Crippen LogP contribution in [0.15, 0.2) is 22.5 Å². The third-order valence-corrected chi connectivity index (χ3v) is 3.77. The number of amidine groups is 1. The van der Waals surface area contributed by atoms with Gasteiger partial charge >= 0.3 is 0 Å². The van der Waals surface area contributed by atoms with Crippen LogP contribution >= 0.6 is 11.3 Å². The van der Waals surface area contributed by atoms with E-state index in [1.165, 1.54) is 30.0 Å². The zero-order valence-corrected chi connectivity index (χ0v) is 10.7. The van der Waals surface area contributed by atoms with Crippen LogP contribution in [0.3, 0.4) is 0 Å². The highest BCUT2D eigenvalue weighted by molar-refractivity contribution is 7.09. The first-order valence-electron chi connectivity index (χ1n) is 6.17. The molecule has 1 atom stereocenters. The van der Waals surface area contributed by atoms with Crippen LogP contribution in [0.2, 0.25) is 0 Å². The molecule has 0 fully saturated rings. The van der Waals surface area contributed by atoms with Crippen molar-refractivity contribution in [3.8, 4) is 0 Å². The molecule has 2 rings (SSSR count). The fraction of sp³-hybridized carbons (Fsp3) is 0.615. The topological polar surface area (TPSA) is 24.4 Å². The van der Waals surface area contributed by atoms with E-state index in [2.05, 4.69) is 34.7 Å². The summed E-state index contributed by atoms with van der Waals surface area (Å²) in [7, 11) is 0. The first-order chi connectivity index (χ1) is 7.84. The van der Waals surface area contributed by atoms with Crippen LogP contribution in [0.5, 0.6) is 0 Å². The van der Waals surface area contributed by atoms with E-state index in [9.17, 15) is 0 Å². The van der Waals surface area contributed by atoms with Gasteiger partial charge in [-0.15, -0.1) is 11.3 Å². The highest BCUT2D eigenvalue weighted by Gasteiger charge is 2.08. The van der Waals surface area contributed by atoms with E-state index < -0.39 is 0 Å². The lowest BCUT2D eigenvalue weighted by Crippen LogP contribution is -2.33. The Balaban J connectivity index is 1.81. The van der Waals surface area contributed by atoms with E-state index in [1.807, 2.05) is 11.3 Å². The lowest BCUT2D eigenvalue weighted by Gasteiger charge is -2.15. The Morgan fingerprint density at radius 3 is 3.19 bits per heavy atom. The molecule has 2 nitrogen and oxygen atoms in total. The Bertz CT molecular complexity index is 330. The highest BCUT2D eigenvalue weighted by Crippen LogP contribution is 2.12. The van der Waals surface area contributed by atoms with Gasteiger partial charge < -0.3 is 5.32 Å². The Hall–Kier alpha value is -0.830. The van der Waals surface area contributed by atoms with Gasteiger partial charge in [0, 0.05) is 30.3 Å². The molecule has 0 radical (unpaired) electrons. The molecule has 3 heteroatoms. The van der Waals surface area contributed by atoms with Crippen molar-refractivity contribution in [2.75, 3.05) is 6.54 Å². The maximum atomic E-state index is 4.60. The Morgan fingerprint density at radius 1 is 1.44 bits per heavy atom. The number of rotatable bonds is 3. The predicted octanol–water partition coefficient (Wildman–Crippen LogP) is 3.24. The van der Waals surface area contributed by atoms with Gasteiger partial charge in [-0.1, -0.05) is 12.5 Å². The van der Waals surface area contributed by atoms with Crippen LogP contribution in [0.4, 0.5) is 0 Å². The molecular weight excluding hydrogens is 216 g/mol. The van der Waals surface area contributed by atoms with E-state index in [0.29, 0.717) is 6.04 Å². The summed E-state index contributed by atoms with van der Waals surface area (Å²) >= 11 is 1.84. The maximum Gasteiger partial charge on any atom is 0.0965 e. The summed E-state index contributed by atoms with van der Waals surface area (Å²) in [5.74, 6) is 1.22. The van der Waals surface area contributed by atoms with Crippen LogP contribution in [0.1, 0.15) is 37.5 Å². The molecule has 0 saturated heterocycles. The summed E-state index contributed by atoms with van der Waals surface area (Å²) in [4.78, 5) is 6.05. The predicted molar refractivity (Wildman–Crippen MR) is 71.4 cm³/mol. The van der Waals surface area contributed by atoms with Gasteiger partial charge in [-0.3, -0.25) is 4.99 Å². The molecule has 0 aromatic carbocycles. The quantitative estimate of drug-likeness (QED) is 0.856. The molecule has 0 saturated carbocycles. The standard InChI is InChI=1S/C13H20N2S/c1-11(10-12-6-5-9-16-12)15-13-7-3-2-4-8-14-13/h5-6,9,11H,2-4,7-8,10H2,1H3,(H,14,15). The number of hydrogen-bond donors (Lipinski definition) is 1.